The third-order valence-corrected chi connectivity index (χ3v) is 4.49. The molecule has 0 amide bonds. The number of hydrogen-bond donors (Lipinski definition) is 2. The normalized spacial score (nSPS) is 14.3. The first-order valence-corrected chi connectivity index (χ1v) is 9.93. The van der Waals surface area contributed by atoms with Gasteiger partial charge >= 0.3 is 0 Å². The summed E-state index contributed by atoms with van der Waals surface area (Å²) >= 11 is 1.97. The molecule has 0 aliphatic rings. The van der Waals surface area contributed by atoms with Gasteiger partial charge in [0.15, 0.2) is 0 Å². The number of thioether (sulfide) groups is 1. The molecule has 0 aromatic heterocycles. The van der Waals surface area contributed by atoms with Gasteiger partial charge in [-0.3, -0.25) is 0 Å². The Morgan fingerprint density at radius 2 is 1.81 bits per heavy atom. The van der Waals surface area contributed by atoms with E-state index in [0.29, 0.717) is 19.2 Å². The lowest BCUT2D eigenvalue weighted by Crippen LogP contribution is -2.36. The molecule has 0 radical (unpaired) electrons. The maximum Gasteiger partial charge on any atom is 0.0897 e. The highest BCUT2D eigenvalue weighted by Gasteiger charge is 2.07. The Morgan fingerprint density at radius 1 is 1.10 bits per heavy atom. The largest absolute Gasteiger partial charge is 0.389 e. The van der Waals surface area contributed by atoms with Crippen LogP contribution in [0.1, 0.15) is 65.7 Å². The highest BCUT2D eigenvalue weighted by atomic mass is 32.2. The van der Waals surface area contributed by atoms with Crippen molar-refractivity contribution in [3.05, 3.63) is 0 Å². The van der Waals surface area contributed by atoms with E-state index in [1.54, 1.807) is 0 Å². The van der Waals surface area contributed by atoms with Gasteiger partial charge in [-0.25, -0.2) is 0 Å². The first-order chi connectivity index (χ1) is 10.2. The van der Waals surface area contributed by atoms with E-state index < -0.39 is 0 Å². The van der Waals surface area contributed by atoms with Gasteiger partial charge in [0.2, 0.25) is 0 Å². The van der Waals surface area contributed by atoms with Gasteiger partial charge in [0.05, 0.1) is 12.7 Å². The fourth-order valence-corrected chi connectivity index (χ4v) is 2.92. The minimum atomic E-state index is -0.383. The number of aliphatic hydroxyl groups excluding tert-OH is 1. The summed E-state index contributed by atoms with van der Waals surface area (Å²) in [5.74, 6) is 2.37. The van der Waals surface area contributed by atoms with Crippen molar-refractivity contribution in [1.82, 2.24) is 5.32 Å². The molecule has 0 rings (SSSR count). The third-order valence-electron chi connectivity index (χ3n) is 3.55. The van der Waals surface area contributed by atoms with Crippen LogP contribution in [0.25, 0.3) is 0 Å². The molecule has 0 aromatic rings. The zero-order valence-corrected chi connectivity index (χ0v) is 15.2. The zero-order valence-electron chi connectivity index (χ0n) is 14.4. The van der Waals surface area contributed by atoms with Gasteiger partial charge in [0.1, 0.15) is 0 Å². The fraction of sp³-hybridized carbons (Fsp3) is 1.00. The molecule has 21 heavy (non-hydrogen) atoms. The number of hydrogen-bond acceptors (Lipinski definition) is 4. The van der Waals surface area contributed by atoms with Gasteiger partial charge in [-0.2, -0.15) is 11.8 Å². The Bertz CT molecular complexity index is 205. The first kappa shape index (κ1) is 21.2. The standard InChI is InChI=1S/C17H37NO2S/c1-4-6-7-8-9-10-12-20-15-17(19)14-18-16(3)11-13-21-5-2/h16-19H,4-15H2,1-3H3. The molecule has 0 bridgehead atoms. The molecule has 2 atom stereocenters. The maximum atomic E-state index is 9.85. The predicted octanol–water partition coefficient (Wildman–Crippen LogP) is 3.85. The smallest absolute Gasteiger partial charge is 0.0897 e. The van der Waals surface area contributed by atoms with Gasteiger partial charge in [-0.05, 0) is 31.3 Å². The molecule has 4 heteroatoms. The van der Waals surface area contributed by atoms with Gasteiger partial charge in [-0.1, -0.05) is 46.0 Å². The van der Waals surface area contributed by atoms with E-state index >= 15 is 0 Å². The highest BCUT2D eigenvalue weighted by Crippen LogP contribution is 2.05. The van der Waals surface area contributed by atoms with Crippen molar-refractivity contribution in [2.24, 2.45) is 0 Å². The van der Waals surface area contributed by atoms with E-state index in [1.807, 2.05) is 11.8 Å². The third kappa shape index (κ3) is 16.4. The Kier molecular flexibility index (Phi) is 16.8. The van der Waals surface area contributed by atoms with Crippen LogP contribution < -0.4 is 5.32 Å². The Balaban J connectivity index is 3.28. The molecule has 0 aromatic carbocycles. The zero-order chi connectivity index (χ0) is 15.8. The number of unbranched alkanes of at least 4 members (excludes halogenated alkanes) is 5. The number of rotatable bonds is 16. The summed E-state index contributed by atoms with van der Waals surface area (Å²) in [5, 5.41) is 13.2. The van der Waals surface area contributed by atoms with Gasteiger partial charge in [0.25, 0.3) is 0 Å². The number of ether oxygens (including phenoxy) is 1. The Morgan fingerprint density at radius 3 is 2.52 bits per heavy atom. The molecule has 3 nitrogen and oxygen atoms in total. The second kappa shape index (κ2) is 16.6. The predicted molar refractivity (Wildman–Crippen MR) is 95.3 cm³/mol. The van der Waals surface area contributed by atoms with E-state index in [4.69, 9.17) is 4.74 Å². The molecule has 0 spiro atoms. The summed E-state index contributed by atoms with van der Waals surface area (Å²) in [4.78, 5) is 0. The van der Waals surface area contributed by atoms with E-state index in [2.05, 4.69) is 26.1 Å². The van der Waals surface area contributed by atoms with Crippen LogP contribution in [0.5, 0.6) is 0 Å². The van der Waals surface area contributed by atoms with Gasteiger partial charge in [-0.15, -0.1) is 0 Å². The van der Waals surface area contributed by atoms with Gasteiger partial charge in [0, 0.05) is 19.2 Å². The van der Waals surface area contributed by atoms with Crippen LogP contribution in [0.2, 0.25) is 0 Å². The van der Waals surface area contributed by atoms with Crippen LogP contribution in [0.4, 0.5) is 0 Å². The van der Waals surface area contributed by atoms with Crippen LogP contribution in [-0.2, 0) is 4.74 Å². The lowest BCUT2D eigenvalue weighted by atomic mass is 10.1. The molecule has 2 N–H and O–H groups in total. The van der Waals surface area contributed by atoms with Crippen molar-refractivity contribution in [3.8, 4) is 0 Å². The van der Waals surface area contributed by atoms with Crippen molar-refractivity contribution in [3.63, 3.8) is 0 Å². The van der Waals surface area contributed by atoms with E-state index in [9.17, 15) is 5.11 Å². The maximum absolute atomic E-state index is 9.85. The van der Waals surface area contributed by atoms with Crippen molar-refractivity contribution < 1.29 is 9.84 Å². The lowest BCUT2D eigenvalue weighted by molar-refractivity contribution is 0.0343. The molecule has 0 saturated heterocycles. The van der Waals surface area contributed by atoms with Crippen molar-refractivity contribution >= 4 is 11.8 Å². The topological polar surface area (TPSA) is 41.5 Å². The van der Waals surface area contributed by atoms with Crippen molar-refractivity contribution in [2.45, 2.75) is 77.9 Å². The van der Waals surface area contributed by atoms with E-state index in [1.165, 1.54) is 43.6 Å². The summed E-state index contributed by atoms with van der Waals surface area (Å²) in [7, 11) is 0. The number of aliphatic hydroxyl groups is 1. The lowest BCUT2D eigenvalue weighted by Gasteiger charge is -2.17. The van der Waals surface area contributed by atoms with Gasteiger partial charge < -0.3 is 15.2 Å². The van der Waals surface area contributed by atoms with E-state index in [-0.39, 0.29) is 6.10 Å². The molecule has 2 unspecified atom stereocenters. The van der Waals surface area contributed by atoms with Crippen LogP contribution in [0.3, 0.4) is 0 Å². The summed E-state index contributed by atoms with van der Waals surface area (Å²) in [5.41, 5.74) is 0. The molecule has 0 fully saturated rings. The van der Waals surface area contributed by atoms with Crippen LogP contribution >= 0.6 is 11.8 Å². The minimum absolute atomic E-state index is 0.383. The Labute approximate surface area is 136 Å². The van der Waals surface area contributed by atoms with Crippen molar-refractivity contribution in [1.29, 1.82) is 0 Å². The van der Waals surface area contributed by atoms with E-state index in [0.717, 1.165) is 19.4 Å². The highest BCUT2D eigenvalue weighted by molar-refractivity contribution is 7.99. The van der Waals surface area contributed by atoms with Crippen LogP contribution in [-0.4, -0.2) is 48.5 Å². The monoisotopic (exact) mass is 319 g/mol. The molecular weight excluding hydrogens is 282 g/mol. The molecule has 0 aliphatic heterocycles. The summed E-state index contributed by atoms with van der Waals surface area (Å²) in [6, 6.07) is 0.470. The number of nitrogens with one attached hydrogen (secondary N) is 1. The summed E-state index contributed by atoms with van der Waals surface area (Å²) in [6.45, 7) is 8.48. The molecule has 128 valence electrons. The molecule has 0 saturated carbocycles. The second-order valence-electron chi connectivity index (χ2n) is 5.79. The fourth-order valence-electron chi connectivity index (χ4n) is 2.11. The summed E-state index contributed by atoms with van der Waals surface area (Å²) < 4.78 is 5.54. The van der Waals surface area contributed by atoms with Crippen LogP contribution in [0, 0.1) is 0 Å². The van der Waals surface area contributed by atoms with Crippen LogP contribution in [0.15, 0.2) is 0 Å². The average Bonchev–Trinajstić information content (AvgIpc) is 2.48. The second-order valence-corrected chi connectivity index (χ2v) is 7.19. The average molecular weight is 320 g/mol. The summed E-state index contributed by atoms with van der Waals surface area (Å²) in [6.07, 6.45) is 8.45. The minimum Gasteiger partial charge on any atom is -0.389 e. The first-order valence-electron chi connectivity index (χ1n) is 8.77. The Hall–Kier alpha value is 0.230. The quantitative estimate of drug-likeness (QED) is 0.424. The molecular formula is C17H37NO2S. The molecule has 0 heterocycles. The molecule has 0 aliphatic carbocycles. The SMILES string of the molecule is CCCCCCCCOCC(O)CNC(C)CCSCC. The van der Waals surface area contributed by atoms with Crippen molar-refractivity contribution in [2.75, 3.05) is 31.3 Å².